The van der Waals surface area contributed by atoms with Crippen LogP contribution >= 0.6 is 0 Å². The highest BCUT2D eigenvalue weighted by atomic mass is 16.6. The Kier molecular flexibility index (Phi) is 4.67. The third-order valence-corrected chi connectivity index (χ3v) is 4.99. The smallest absolute Gasteiger partial charge is 0.197 e. The fraction of sp³-hybridized carbons (Fsp3) is 0.250. The Morgan fingerprint density at radius 3 is 2.28 bits per heavy atom. The Morgan fingerprint density at radius 2 is 1.66 bits per heavy atom. The highest BCUT2D eigenvalue weighted by Crippen LogP contribution is 2.45. The number of hydrogen-bond acceptors (Lipinski definition) is 9. The van der Waals surface area contributed by atoms with Crippen molar-refractivity contribution in [2.75, 3.05) is 6.61 Å². The Labute approximate surface area is 163 Å². The number of aliphatic hydroxyl groups is 3. The molecule has 152 valence electrons. The minimum Gasteiger partial charge on any atom is -0.508 e. The molecule has 29 heavy (non-hydrogen) atoms. The van der Waals surface area contributed by atoms with E-state index >= 15 is 0 Å². The summed E-state index contributed by atoms with van der Waals surface area (Å²) < 4.78 is 11.0. The molecule has 1 saturated heterocycles. The molecule has 0 aliphatic carbocycles. The second-order valence-corrected chi connectivity index (χ2v) is 6.81. The van der Waals surface area contributed by atoms with Crippen molar-refractivity contribution in [1.82, 2.24) is 0 Å². The summed E-state index contributed by atoms with van der Waals surface area (Å²) in [4.78, 5) is 12.7. The molecule has 0 amide bonds. The molecule has 9 nitrogen and oxygen atoms in total. The van der Waals surface area contributed by atoms with Crippen LogP contribution in [0.2, 0.25) is 0 Å². The normalized spacial score (nSPS) is 24.2. The van der Waals surface area contributed by atoms with Gasteiger partial charge in [0.2, 0.25) is 0 Å². The van der Waals surface area contributed by atoms with Gasteiger partial charge in [-0.15, -0.1) is 0 Å². The quantitative estimate of drug-likeness (QED) is 0.371. The number of phenolic OH excluding ortho intramolecular Hbond substituents is 3. The summed E-state index contributed by atoms with van der Waals surface area (Å²) in [6.45, 7) is -0.581. The molecule has 0 spiro atoms. The molecule has 4 rings (SSSR count). The lowest BCUT2D eigenvalue weighted by Gasteiger charge is -2.18. The number of hydrogen-bond donors (Lipinski definition) is 6. The van der Waals surface area contributed by atoms with Crippen LogP contribution in [0, 0.1) is 0 Å². The van der Waals surface area contributed by atoms with Crippen LogP contribution in [0.3, 0.4) is 0 Å². The number of aliphatic hydroxyl groups excluding tert-OH is 3. The van der Waals surface area contributed by atoms with Crippen molar-refractivity contribution < 1.29 is 39.8 Å². The van der Waals surface area contributed by atoms with Crippen molar-refractivity contribution in [2.45, 2.75) is 24.4 Å². The van der Waals surface area contributed by atoms with Crippen molar-refractivity contribution in [1.29, 1.82) is 0 Å². The molecular formula is C20H18O9. The predicted octanol–water partition coefficient (Wildman–Crippen LogP) is 0.731. The summed E-state index contributed by atoms with van der Waals surface area (Å²) in [7, 11) is 0. The molecule has 1 aliphatic rings. The lowest BCUT2D eigenvalue weighted by Crippen LogP contribution is -2.32. The molecule has 3 aromatic rings. The van der Waals surface area contributed by atoms with Crippen LogP contribution in [0.15, 0.2) is 45.6 Å². The van der Waals surface area contributed by atoms with Crippen LogP contribution in [-0.4, -0.2) is 55.6 Å². The van der Waals surface area contributed by atoms with Gasteiger partial charge in [0.25, 0.3) is 0 Å². The van der Waals surface area contributed by atoms with E-state index in [2.05, 4.69) is 0 Å². The average molecular weight is 402 g/mol. The van der Waals surface area contributed by atoms with Crippen molar-refractivity contribution in [2.24, 2.45) is 0 Å². The zero-order valence-corrected chi connectivity index (χ0v) is 14.9. The maximum atomic E-state index is 12.7. The van der Waals surface area contributed by atoms with E-state index in [1.807, 2.05) is 0 Å². The van der Waals surface area contributed by atoms with E-state index in [0.29, 0.717) is 5.56 Å². The van der Waals surface area contributed by atoms with Crippen LogP contribution in [0.25, 0.3) is 22.3 Å². The van der Waals surface area contributed by atoms with E-state index in [4.69, 9.17) is 9.15 Å². The number of benzene rings is 2. The SMILES string of the molecule is O=c1cc(-c2ccc(O)cc2)oc2cc(O)c([C@H]3O[C@H](CO)[C@@H](O)[C@@H]3O)c(O)c12. The van der Waals surface area contributed by atoms with Crippen molar-refractivity contribution >= 4 is 11.0 Å². The Morgan fingerprint density at radius 1 is 0.966 bits per heavy atom. The number of ether oxygens (including phenoxy) is 1. The summed E-state index contributed by atoms with van der Waals surface area (Å²) >= 11 is 0. The van der Waals surface area contributed by atoms with Gasteiger partial charge in [-0.3, -0.25) is 4.79 Å². The minimum atomic E-state index is -1.54. The summed E-state index contributed by atoms with van der Waals surface area (Å²) in [6.07, 6.45) is -5.45. The van der Waals surface area contributed by atoms with E-state index in [0.717, 1.165) is 12.1 Å². The van der Waals surface area contributed by atoms with Crippen LogP contribution in [-0.2, 0) is 4.74 Å². The van der Waals surface area contributed by atoms with Crippen LogP contribution < -0.4 is 5.43 Å². The number of aromatic hydroxyl groups is 3. The zero-order valence-electron chi connectivity index (χ0n) is 14.9. The van der Waals surface area contributed by atoms with Gasteiger partial charge in [0.15, 0.2) is 5.43 Å². The zero-order chi connectivity index (χ0) is 20.9. The monoisotopic (exact) mass is 402 g/mol. The van der Waals surface area contributed by atoms with Crippen molar-refractivity contribution in [3.8, 4) is 28.6 Å². The molecule has 0 radical (unpaired) electrons. The highest BCUT2D eigenvalue weighted by Gasteiger charge is 2.45. The molecule has 0 unspecified atom stereocenters. The van der Waals surface area contributed by atoms with Crippen LogP contribution in [0.1, 0.15) is 11.7 Å². The Hall–Kier alpha value is -3.11. The van der Waals surface area contributed by atoms with Crippen molar-refractivity contribution in [3.05, 3.63) is 52.2 Å². The largest absolute Gasteiger partial charge is 0.508 e. The molecule has 2 heterocycles. The van der Waals surface area contributed by atoms with Gasteiger partial charge in [0.1, 0.15) is 58.4 Å². The summed E-state index contributed by atoms with van der Waals surface area (Å²) in [5.41, 5.74) is -0.510. The molecule has 4 atom stereocenters. The molecule has 2 aromatic carbocycles. The second kappa shape index (κ2) is 7.05. The van der Waals surface area contributed by atoms with Gasteiger partial charge in [0, 0.05) is 17.7 Å². The molecule has 6 N–H and O–H groups in total. The number of rotatable bonds is 3. The summed E-state index contributed by atoms with van der Waals surface area (Å²) in [5, 5.41) is 59.5. The van der Waals surface area contributed by atoms with Crippen LogP contribution in [0.5, 0.6) is 17.2 Å². The van der Waals surface area contributed by atoms with Gasteiger partial charge < -0.3 is 39.8 Å². The molecule has 1 aromatic heterocycles. The van der Waals surface area contributed by atoms with Crippen molar-refractivity contribution in [3.63, 3.8) is 0 Å². The lowest BCUT2D eigenvalue weighted by molar-refractivity contribution is -0.0238. The van der Waals surface area contributed by atoms with Gasteiger partial charge in [0.05, 0.1) is 12.2 Å². The third kappa shape index (κ3) is 3.10. The Balaban J connectivity index is 1.86. The van der Waals surface area contributed by atoms with Gasteiger partial charge in [-0.2, -0.15) is 0 Å². The van der Waals surface area contributed by atoms with E-state index in [1.165, 1.54) is 24.3 Å². The fourth-order valence-electron chi connectivity index (χ4n) is 3.49. The average Bonchev–Trinajstić information content (AvgIpc) is 2.96. The first kappa shape index (κ1) is 19.2. The third-order valence-electron chi connectivity index (χ3n) is 4.99. The van der Waals surface area contributed by atoms with E-state index in [9.17, 15) is 35.4 Å². The maximum Gasteiger partial charge on any atom is 0.197 e. The number of fused-ring (bicyclic) bond motifs is 1. The van der Waals surface area contributed by atoms with Gasteiger partial charge in [-0.05, 0) is 24.3 Å². The summed E-state index contributed by atoms with van der Waals surface area (Å²) in [6, 6.07) is 8.15. The van der Waals surface area contributed by atoms with Gasteiger partial charge in [-0.1, -0.05) is 0 Å². The van der Waals surface area contributed by atoms with E-state index < -0.39 is 48.0 Å². The lowest BCUT2D eigenvalue weighted by atomic mass is 9.97. The Bertz CT molecular complexity index is 1120. The predicted molar refractivity (Wildman–Crippen MR) is 99.6 cm³/mol. The van der Waals surface area contributed by atoms with Crippen LogP contribution in [0.4, 0.5) is 0 Å². The molecule has 9 heteroatoms. The highest BCUT2D eigenvalue weighted by molar-refractivity contribution is 5.88. The molecule has 1 aliphatic heterocycles. The van der Waals surface area contributed by atoms with E-state index in [1.54, 1.807) is 0 Å². The first-order valence-corrected chi connectivity index (χ1v) is 8.76. The summed E-state index contributed by atoms with van der Waals surface area (Å²) in [5.74, 6) is -0.978. The maximum absolute atomic E-state index is 12.7. The fourth-order valence-corrected chi connectivity index (χ4v) is 3.49. The van der Waals surface area contributed by atoms with E-state index in [-0.39, 0.29) is 28.0 Å². The molecule has 0 bridgehead atoms. The first-order valence-electron chi connectivity index (χ1n) is 8.76. The minimum absolute atomic E-state index is 0.0373. The second-order valence-electron chi connectivity index (χ2n) is 6.81. The topological polar surface area (TPSA) is 161 Å². The van der Waals surface area contributed by atoms with Gasteiger partial charge >= 0.3 is 0 Å². The number of phenols is 3. The first-order chi connectivity index (χ1) is 13.8. The standard InChI is InChI=1S/C20H18O9/c21-7-14-17(25)19(27)20(29-14)16-11(24)6-13-15(18(16)26)10(23)5-12(28-13)8-1-3-9(22)4-2-8/h1-6,14,17,19-22,24-27H,7H2/t14-,17-,19+,20-/m1/s1. The molecule has 0 saturated carbocycles. The molecule has 1 fully saturated rings. The van der Waals surface area contributed by atoms with Gasteiger partial charge in [-0.25, -0.2) is 0 Å². The molecular weight excluding hydrogens is 384 g/mol.